The molecule has 1 atom stereocenters. The molecule has 0 radical (unpaired) electrons. The first-order chi connectivity index (χ1) is 15.5. The molecule has 32 heavy (non-hydrogen) atoms. The quantitative estimate of drug-likeness (QED) is 0.445. The molecule has 1 heterocycles. The van der Waals surface area contributed by atoms with Crippen LogP contribution in [0, 0.1) is 0 Å². The van der Waals surface area contributed by atoms with Crippen LogP contribution in [-0.4, -0.2) is 35.5 Å². The van der Waals surface area contributed by atoms with Crippen molar-refractivity contribution in [1.82, 2.24) is 9.80 Å². The van der Waals surface area contributed by atoms with E-state index in [9.17, 15) is 13.2 Å². The fourth-order valence-corrected chi connectivity index (χ4v) is 4.44. The smallest absolute Gasteiger partial charge is 0.296 e. The number of hydrogen-bond donors (Lipinski definition) is 0. The molecule has 0 aliphatic carbocycles. The van der Waals surface area contributed by atoms with Crippen LogP contribution < -0.4 is 0 Å². The second-order valence-corrected chi connectivity index (χ2v) is 8.56. The summed E-state index contributed by atoms with van der Waals surface area (Å²) in [4.78, 5) is 5.02. The van der Waals surface area contributed by atoms with Crippen molar-refractivity contribution in [3.63, 3.8) is 0 Å². The Bertz CT molecular complexity index is 956. The minimum Gasteiger partial charge on any atom is -0.296 e. The van der Waals surface area contributed by atoms with Crippen molar-refractivity contribution in [2.45, 2.75) is 38.1 Å². The van der Waals surface area contributed by atoms with E-state index in [1.165, 1.54) is 23.3 Å². The van der Waals surface area contributed by atoms with E-state index in [2.05, 4.69) is 58.3 Å². The van der Waals surface area contributed by atoms with Crippen molar-refractivity contribution < 1.29 is 13.2 Å². The Morgan fingerprint density at radius 1 is 0.688 bits per heavy atom. The van der Waals surface area contributed by atoms with Crippen molar-refractivity contribution in [1.29, 1.82) is 0 Å². The van der Waals surface area contributed by atoms with Gasteiger partial charge in [0.15, 0.2) is 0 Å². The SMILES string of the molecule is FC(F)(F)c1ccc(CC[C@@H]2CN(Cc3ccccc3)CCN2Cc2ccccc2)cc1. The van der Waals surface area contributed by atoms with Gasteiger partial charge in [0.2, 0.25) is 0 Å². The molecule has 5 heteroatoms. The van der Waals surface area contributed by atoms with Gasteiger partial charge in [-0.2, -0.15) is 13.2 Å². The first kappa shape index (κ1) is 22.6. The molecule has 1 fully saturated rings. The predicted molar refractivity (Wildman–Crippen MR) is 122 cm³/mol. The third kappa shape index (κ3) is 6.21. The van der Waals surface area contributed by atoms with E-state index < -0.39 is 11.7 Å². The molecule has 3 aromatic carbocycles. The van der Waals surface area contributed by atoms with Crippen LogP contribution in [0.5, 0.6) is 0 Å². The summed E-state index contributed by atoms with van der Waals surface area (Å²) in [5.41, 5.74) is 2.98. The lowest BCUT2D eigenvalue weighted by Crippen LogP contribution is -2.52. The fraction of sp³-hybridized carbons (Fsp3) is 0.333. The monoisotopic (exact) mass is 438 g/mol. The zero-order valence-corrected chi connectivity index (χ0v) is 18.1. The van der Waals surface area contributed by atoms with Gasteiger partial charge >= 0.3 is 6.18 Å². The van der Waals surface area contributed by atoms with E-state index in [1.54, 1.807) is 12.1 Å². The third-order valence-corrected chi connectivity index (χ3v) is 6.21. The molecule has 1 aliphatic heterocycles. The van der Waals surface area contributed by atoms with E-state index >= 15 is 0 Å². The van der Waals surface area contributed by atoms with E-state index in [0.29, 0.717) is 6.04 Å². The van der Waals surface area contributed by atoms with E-state index in [0.717, 1.165) is 51.1 Å². The fourth-order valence-electron chi connectivity index (χ4n) is 4.44. The Morgan fingerprint density at radius 3 is 1.88 bits per heavy atom. The van der Waals surface area contributed by atoms with E-state index in [4.69, 9.17) is 0 Å². The summed E-state index contributed by atoms with van der Waals surface area (Å²) in [6, 6.07) is 27.0. The Morgan fingerprint density at radius 2 is 1.28 bits per heavy atom. The van der Waals surface area contributed by atoms with Crippen molar-refractivity contribution >= 4 is 0 Å². The highest BCUT2D eigenvalue weighted by molar-refractivity contribution is 5.25. The largest absolute Gasteiger partial charge is 0.416 e. The first-order valence-corrected chi connectivity index (χ1v) is 11.2. The number of hydrogen-bond acceptors (Lipinski definition) is 2. The minimum atomic E-state index is -4.29. The van der Waals surface area contributed by atoms with Crippen LogP contribution >= 0.6 is 0 Å². The summed E-state index contributed by atoms with van der Waals surface area (Å²) in [7, 11) is 0. The maximum atomic E-state index is 12.9. The summed E-state index contributed by atoms with van der Waals surface area (Å²) >= 11 is 0. The highest BCUT2D eigenvalue weighted by Gasteiger charge is 2.30. The van der Waals surface area contributed by atoms with Crippen LogP contribution in [-0.2, 0) is 25.7 Å². The van der Waals surface area contributed by atoms with Gasteiger partial charge in [-0.25, -0.2) is 0 Å². The van der Waals surface area contributed by atoms with Crippen LogP contribution in [0.25, 0.3) is 0 Å². The number of rotatable bonds is 7. The predicted octanol–water partition coefficient (Wildman–Crippen LogP) is 6.02. The third-order valence-electron chi connectivity index (χ3n) is 6.21. The Labute approximate surface area is 188 Å². The molecule has 4 rings (SSSR count). The van der Waals surface area contributed by atoms with Crippen LogP contribution in [0.4, 0.5) is 13.2 Å². The van der Waals surface area contributed by atoms with Crippen LogP contribution in [0.15, 0.2) is 84.9 Å². The molecule has 0 spiro atoms. The average molecular weight is 439 g/mol. The molecule has 0 N–H and O–H groups in total. The zero-order valence-electron chi connectivity index (χ0n) is 18.1. The lowest BCUT2D eigenvalue weighted by Gasteiger charge is -2.42. The molecular formula is C27H29F3N2. The molecule has 1 saturated heterocycles. The number of benzene rings is 3. The van der Waals surface area contributed by atoms with Gasteiger partial charge in [-0.3, -0.25) is 9.80 Å². The van der Waals surface area contributed by atoms with Crippen molar-refractivity contribution in [3.05, 3.63) is 107 Å². The number of aryl methyl sites for hydroxylation is 1. The van der Waals surface area contributed by atoms with Crippen LogP contribution in [0.1, 0.15) is 28.7 Å². The number of nitrogens with zero attached hydrogens (tertiary/aromatic N) is 2. The Hall–Kier alpha value is -2.63. The second-order valence-electron chi connectivity index (χ2n) is 8.56. The summed E-state index contributed by atoms with van der Waals surface area (Å²) < 4.78 is 38.6. The maximum Gasteiger partial charge on any atom is 0.416 e. The lowest BCUT2D eigenvalue weighted by molar-refractivity contribution is -0.137. The van der Waals surface area contributed by atoms with Crippen molar-refractivity contribution in [3.8, 4) is 0 Å². The second kappa shape index (κ2) is 10.3. The van der Waals surface area contributed by atoms with Gasteiger partial charge in [-0.1, -0.05) is 72.8 Å². The lowest BCUT2D eigenvalue weighted by atomic mass is 9.99. The first-order valence-electron chi connectivity index (χ1n) is 11.2. The molecule has 2 nitrogen and oxygen atoms in total. The van der Waals surface area contributed by atoms with Crippen molar-refractivity contribution in [2.24, 2.45) is 0 Å². The van der Waals surface area contributed by atoms with Gasteiger partial charge in [0.25, 0.3) is 0 Å². The standard InChI is InChI=1S/C27H29F3N2/c28-27(29,30)25-14-11-22(12-15-25)13-16-26-21-31(19-23-7-3-1-4-8-23)17-18-32(26)20-24-9-5-2-6-10-24/h1-12,14-15,26H,13,16-21H2/t26-/m1/s1. The molecule has 0 amide bonds. The molecule has 1 aliphatic rings. The zero-order chi connectivity index (χ0) is 22.4. The summed E-state index contributed by atoms with van der Waals surface area (Å²) in [5.74, 6) is 0. The number of alkyl halides is 3. The molecule has 0 aromatic heterocycles. The van der Waals surface area contributed by atoms with Gasteiger partial charge in [0.05, 0.1) is 5.56 Å². The molecule has 0 saturated carbocycles. The average Bonchev–Trinajstić information content (AvgIpc) is 2.80. The van der Waals surface area contributed by atoms with Gasteiger partial charge in [0.1, 0.15) is 0 Å². The van der Waals surface area contributed by atoms with Crippen LogP contribution in [0.2, 0.25) is 0 Å². The van der Waals surface area contributed by atoms with Crippen LogP contribution in [0.3, 0.4) is 0 Å². The Kier molecular flexibility index (Phi) is 7.28. The van der Waals surface area contributed by atoms with Gasteiger partial charge < -0.3 is 0 Å². The molecule has 0 bridgehead atoms. The number of piperazine rings is 1. The van der Waals surface area contributed by atoms with Gasteiger partial charge in [-0.05, 0) is 41.7 Å². The highest BCUT2D eigenvalue weighted by Crippen LogP contribution is 2.29. The van der Waals surface area contributed by atoms with E-state index in [-0.39, 0.29) is 0 Å². The minimum absolute atomic E-state index is 0.356. The van der Waals surface area contributed by atoms with Crippen molar-refractivity contribution in [2.75, 3.05) is 19.6 Å². The maximum absolute atomic E-state index is 12.9. The summed E-state index contributed by atoms with van der Waals surface area (Å²) in [6.45, 7) is 4.79. The molecular weight excluding hydrogens is 409 g/mol. The van der Waals surface area contributed by atoms with Gasteiger partial charge in [0, 0.05) is 38.8 Å². The van der Waals surface area contributed by atoms with Gasteiger partial charge in [-0.15, -0.1) is 0 Å². The summed E-state index contributed by atoms with van der Waals surface area (Å²) in [6.07, 6.45) is -2.59. The van der Waals surface area contributed by atoms with E-state index in [1.807, 2.05) is 12.1 Å². The molecule has 3 aromatic rings. The Balaban J connectivity index is 1.43. The number of halogens is 3. The molecule has 0 unspecified atom stereocenters. The highest BCUT2D eigenvalue weighted by atomic mass is 19.4. The molecule has 168 valence electrons. The summed E-state index contributed by atoms with van der Waals surface area (Å²) in [5, 5.41) is 0. The topological polar surface area (TPSA) is 6.48 Å². The normalized spacial score (nSPS) is 18.0.